The van der Waals surface area contributed by atoms with Crippen LogP contribution in [0.2, 0.25) is 0 Å². The number of carboxylic acids is 1. The molecule has 0 unspecified atom stereocenters. The van der Waals surface area contributed by atoms with Crippen LogP contribution in [-0.2, 0) is 24.3 Å². The molecule has 1 aliphatic rings. The zero-order valence-electron chi connectivity index (χ0n) is 6.69. The molecule has 1 saturated carbocycles. The Morgan fingerprint density at radius 1 is 1.27 bits per heavy atom. The molecule has 0 heterocycles. The number of rotatable bonds is 1. The third-order valence-electron chi connectivity index (χ3n) is 2.37. The van der Waals surface area contributed by atoms with Crippen LogP contribution in [0, 0.1) is 11.8 Å². The SMILES string of the molecule is C[C@H]1CC[C@H](C(=O)O)CC1.[Ru]. The first-order valence-electron chi connectivity index (χ1n) is 3.93. The zero-order chi connectivity index (χ0) is 7.56. The van der Waals surface area contributed by atoms with Crippen LogP contribution < -0.4 is 0 Å². The maximum absolute atomic E-state index is 10.5. The van der Waals surface area contributed by atoms with Gasteiger partial charge in [0.2, 0.25) is 0 Å². The second-order valence-corrected chi connectivity index (χ2v) is 3.30. The van der Waals surface area contributed by atoms with Crippen LogP contribution in [0.1, 0.15) is 32.6 Å². The van der Waals surface area contributed by atoms with Gasteiger partial charge in [-0.05, 0) is 31.6 Å². The Morgan fingerprint density at radius 3 is 2.09 bits per heavy atom. The fraction of sp³-hybridized carbons (Fsp3) is 0.875. The largest absolute Gasteiger partial charge is 0.481 e. The van der Waals surface area contributed by atoms with Gasteiger partial charge in [0.1, 0.15) is 0 Å². The minimum absolute atomic E-state index is 0. The molecule has 0 bridgehead atoms. The molecule has 3 heteroatoms. The predicted octanol–water partition coefficient (Wildman–Crippen LogP) is 1.89. The molecule has 0 saturated heterocycles. The van der Waals surface area contributed by atoms with Crippen LogP contribution in [0.5, 0.6) is 0 Å². The molecule has 1 N–H and O–H groups in total. The van der Waals surface area contributed by atoms with Crippen LogP contribution in [0.25, 0.3) is 0 Å². The van der Waals surface area contributed by atoms with E-state index in [1.807, 2.05) is 0 Å². The maximum atomic E-state index is 10.5. The Kier molecular flexibility index (Phi) is 4.91. The van der Waals surface area contributed by atoms with Crippen LogP contribution in [0.3, 0.4) is 0 Å². The normalized spacial score (nSPS) is 30.6. The van der Waals surface area contributed by atoms with Gasteiger partial charge in [-0.15, -0.1) is 0 Å². The summed E-state index contributed by atoms with van der Waals surface area (Å²) in [4.78, 5) is 10.5. The van der Waals surface area contributed by atoms with Crippen molar-refractivity contribution in [3.8, 4) is 0 Å². The van der Waals surface area contributed by atoms with E-state index in [2.05, 4.69) is 6.92 Å². The summed E-state index contributed by atoms with van der Waals surface area (Å²) in [6, 6.07) is 0. The summed E-state index contributed by atoms with van der Waals surface area (Å²) >= 11 is 0. The van der Waals surface area contributed by atoms with E-state index in [1.165, 1.54) is 0 Å². The summed E-state index contributed by atoms with van der Waals surface area (Å²) in [6.07, 6.45) is 3.96. The van der Waals surface area contributed by atoms with Gasteiger partial charge in [0, 0.05) is 19.5 Å². The Balaban J connectivity index is 0.000001000. The molecule has 0 atom stereocenters. The fourth-order valence-electron chi connectivity index (χ4n) is 1.51. The van der Waals surface area contributed by atoms with Crippen molar-refractivity contribution in [3.05, 3.63) is 0 Å². The second-order valence-electron chi connectivity index (χ2n) is 3.30. The number of carbonyl (C=O) groups is 1. The molecule has 0 aromatic carbocycles. The molecular weight excluding hydrogens is 229 g/mol. The molecule has 1 aliphatic carbocycles. The minimum Gasteiger partial charge on any atom is -0.481 e. The van der Waals surface area contributed by atoms with Crippen molar-refractivity contribution in [3.63, 3.8) is 0 Å². The van der Waals surface area contributed by atoms with Crippen LogP contribution in [0.4, 0.5) is 0 Å². The van der Waals surface area contributed by atoms with Gasteiger partial charge in [0.05, 0.1) is 5.92 Å². The fourth-order valence-corrected chi connectivity index (χ4v) is 1.51. The molecule has 0 aromatic rings. The monoisotopic (exact) mass is 244 g/mol. The van der Waals surface area contributed by atoms with Crippen molar-refractivity contribution in [1.29, 1.82) is 0 Å². The van der Waals surface area contributed by atoms with Crippen molar-refractivity contribution < 1.29 is 29.4 Å². The maximum Gasteiger partial charge on any atom is 0.306 e. The molecule has 0 amide bonds. The van der Waals surface area contributed by atoms with Gasteiger partial charge in [0.25, 0.3) is 0 Å². The molecule has 0 spiro atoms. The van der Waals surface area contributed by atoms with Gasteiger partial charge < -0.3 is 5.11 Å². The average Bonchev–Trinajstić information content (AvgIpc) is 1.88. The van der Waals surface area contributed by atoms with E-state index in [1.54, 1.807) is 0 Å². The summed E-state index contributed by atoms with van der Waals surface area (Å²) in [6.45, 7) is 2.19. The van der Waals surface area contributed by atoms with Gasteiger partial charge in [-0.25, -0.2) is 0 Å². The van der Waals surface area contributed by atoms with E-state index in [4.69, 9.17) is 5.11 Å². The first kappa shape index (κ1) is 11.1. The van der Waals surface area contributed by atoms with Gasteiger partial charge in [0.15, 0.2) is 0 Å². The first-order chi connectivity index (χ1) is 4.70. The Hall–Kier alpha value is 0.0934. The van der Waals surface area contributed by atoms with Gasteiger partial charge >= 0.3 is 5.97 Å². The Bertz CT molecular complexity index is 128. The van der Waals surface area contributed by atoms with Crippen LogP contribution in [-0.4, -0.2) is 11.1 Å². The van der Waals surface area contributed by atoms with E-state index in [9.17, 15) is 4.79 Å². The quantitative estimate of drug-likeness (QED) is 0.714. The number of hydrogen-bond donors (Lipinski definition) is 1. The summed E-state index contributed by atoms with van der Waals surface area (Å²) < 4.78 is 0. The summed E-state index contributed by atoms with van der Waals surface area (Å²) in [7, 11) is 0. The second kappa shape index (κ2) is 4.87. The van der Waals surface area contributed by atoms with Crippen molar-refractivity contribution in [1.82, 2.24) is 0 Å². The van der Waals surface area contributed by atoms with Crippen molar-refractivity contribution in [2.75, 3.05) is 0 Å². The molecule has 1 fully saturated rings. The number of hydrogen-bond acceptors (Lipinski definition) is 1. The average molecular weight is 243 g/mol. The van der Waals surface area contributed by atoms with Crippen LogP contribution >= 0.6 is 0 Å². The first-order valence-corrected chi connectivity index (χ1v) is 3.93. The summed E-state index contributed by atoms with van der Waals surface area (Å²) in [5, 5.41) is 8.62. The van der Waals surface area contributed by atoms with Crippen molar-refractivity contribution >= 4 is 5.97 Å². The van der Waals surface area contributed by atoms with E-state index in [-0.39, 0.29) is 25.4 Å². The van der Waals surface area contributed by atoms with E-state index >= 15 is 0 Å². The predicted molar refractivity (Wildman–Crippen MR) is 38.8 cm³/mol. The van der Waals surface area contributed by atoms with E-state index < -0.39 is 5.97 Å². The van der Waals surface area contributed by atoms with Crippen molar-refractivity contribution in [2.24, 2.45) is 11.8 Å². The zero-order valence-corrected chi connectivity index (χ0v) is 8.43. The molecular formula is C8H14O2Ru. The van der Waals surface area contributed by atoms with Gasteiger partial charge in [-0.3, -0.25) is 4.79 Å². The van der Waals surface area contributed by atoms with E-state index in [0.29, 0.717) is 0 Å². The summed E-state index contributed by atoms with van der Waals surface area (Å²) in [5.41, 5.74) is 0. The number of aliphatic carboxylic acids is 1. The van der Waals surface area contributed by atoms with Crippen molar-refractivity contribution in [2.45, 2.75) is 32.6 Å². The topological polar surface area (TPSA) is 37.3 Å². The molecule has 0 aliphatic heterocycles. The Morgan fingerprint density at radius 2 is 1.73 bits per heavy atom. The molecule has 66 valence electrons. The summed E-state index contributed by atoms with van der Waals surface area (Å²) in [5.74, 6) is 0.0960. The number of carboxylic acid groups (broad SMARTS) is 1. The van der Waals surface area contributed by atoms with Crippen LogP contribution in [0.15, 0.2) is 0 Å². The molecule has 0 aromatic heterocycles. The third-order valence-corrected chi connectivity index (χ3v) is 2.37. The van der Waals surface area contributed by atoms with E-state index in [0.717, 1.165) is 31.6 Å². The standard InChI is InChI=1S/C8H14O2.Ru/c1-6-2-4-7(5-3-6)8(9)10;/h6-7H,2-5H2,1H3,(H,9,10);/t6-,7-;. The van der Waals surface area contributed by atoms with Gasteiger partial charge in [-0.2, -0.15) is 0 Å². The molecule has 11 heavy (non-hydrogen) atoms. The molecule has 2 nitrogen and oxygen atoms in total. The van der Waals surface area contributed by atoms with Gasteiger partial charge in [-0.1, -0.05) is 6.92 Å². The smallest absolute Gasteiger partial charge is 0.306 e. The minimum atomic E-state index is -0.605. The Labute approximate surface area is 80.1 Å². The molecule has 0 radical (unpaired) electrons. The molecule has 1 rings (SSSR count). The third kappa shape index (κ3) is 3.33.